The van der Waals surface area contributed by atoms with Gasteiger partial charge in [-0.1, -0.05) is 52.0 Å². The lowest BCUT2D eigenvalue weighted by Crippen LogP contribution is -2.69. The molecule has 142 valence electrons. The fourth-order valence-corrected chi connectivity index (χ4v) is 3.54. The van der Waals surface area contributed by atoms with Gasteiger partial charge in [0.15, 0.2) is 0 Å². The Balaban J connectivity index is 0.00000151. The SMILES string of the molecule is C=C(C)c1ccc(OC2C(C)C(C)(C)N(O)C(C)(C)C2C)cc1.CC. The summed E-state index contributed by atoms with van der Waals surface area (Å²) in [5.41, 5.74) is 1.48. The summed E-state index contributed by atoms with van der Waals surface area (Å²) in [6, 6.07) is 8.11. The largest absolute Gasteiger partial charge is 0.490 e. The molecule has 2 atom stereocenters. The van der Waals surface area contributed by atoms with Crippen LogP contribution in [-0.4, -0.2) is 27.5 Å². The maximum Gasteiger partial charge on any atom is 0.119 e. The summed E-state index contributed by atoms with van der Waals surface area (Å²) in [5.74, 6) is 1.25. The van der Waals surface area contributed by atoms with E-state index in [0.717, 1.165) is 16.9 Å². The Bertz CT molecular complexity index is 552. The number of benzene rings is 1. The molecule has 1 aliphatic rings. The van der Waals surface area contributed by atoms with Crippen LogP contribution in [0, 0.1) is 11.8 Å². The van der Waals surface area contributed by atoms with Gasteiger partial charge in [0.05, 0.1) is 0 Å². The van der Waals surface area contributed by atoms with Crippen LogP contribution in [0.1, 0.15) is 67.9 Å². The smallest absolute Gasteiger partial charge is 0.119 e. The number of hydroxylamine groups is 2. The van der Waals surface area contributed by atoms with Crippen LogP contribution in [0.2, 0.25) is 0 Å². The van der Waals surface area contributed by atoms with Gasteiger partial charge in [0, 0.05) is 22.9 Å². The Hall–Kier alpha value is -1.32. The summed E-state index contributed by atoms with van der Waals surface area (Å²) in [6.45, 7) is 22.6. The number of allylic oxidation sites excluding steroid dienone is 1. The Labute approximate surface area is 154 Å². The molecule has 0 aliphatic carbocycles. The Morgan fingerprint density at radius 2 is 1.40 bits per heavy atom. The first-order valence-corrected chi connectivity index (χ1v) is 9.41. The Kier molecular flexibility index (Phi) is 6.88. The van der Waals surface area contributed by atoms with Crippen LogP contribution in [-0.2, 0) is 0 Å². The van der Waals surface area contributed by atoms with Crippen molar-refractivity contribution in [3.8, 4) is 5.75 Å². The molecule has 1 heterocycles. The van der Waals surface area contributed by atoms with E-state index < -0.39 is 0 Å². The van der Waals surface area contributed by atoms with Crippen molar-refractivity contribution in [2.24, 2.45) is 11.8 Å². The molecule has 0 bridgehead atoms. The van der Waals surface area contributed by atoms with Gasteiger partial charge < -0.3 is 9.94 Å². The Morgan fingerprint density at radius 3 is 1.76 bits per heavy atom. The maximum atomic E-state index is 10.7. The van der Waals surface area contributed by atoms with Crippen LogP contribution in [0.5, 0.6) is 5.75 Å². The van der Waals surface area contributed by atoms with Gasteiger partial charge in [0.25, 0.3) is 0 Å². The maximum absolute atomic E-state index is 10.7. The van der Waals surface area contributed by atoms with Gasteiger partial charge in [-0.05, 0) is 52.3 Å². The number of hydrogen-bond acceptors (Lipinski definition) is 3. The third-order valence-electron chi connectivity index (χ3n) is 5.93. The van der Waals surface area contributed by atoms with E-state index in [1.165, 1.54) is 5.06 Å². The predicted octanol–water partition coefficient (Wildman–Crippen LogP) is 6.03. The van der Waals surface area contributed by atoms with Gasteiger partial charge in [-0.2, -0.15) is 5.06 Å². The molecule has 1 N–H and O–H groups in total. The lowest BCUT2D eigenvalue weighted by Gasteiger charge is -2.58. The second kappa shape index (κ2) is 7.92. The van der Waals surface area contributed by atoms with E-state index in [4.69, 9.17) is 4.74 Å². The van der Waals surface area contributed by atoms with Crippen molar-refractivity contribution in [2.45, 2.75) is 79.5 Å². The summed E-state index contributed by atoms with van der Waals surface area (Å²) >= 11 is 0. The van der Waals surface area contributed by atoms with Gasteiger partial charge in [-0.25, -0.2) is 0 Å². The first-order chi connectivity index (χ1) is 11.5. The molecule has 1 fully saturated rings. The fourth-order valence-electron chi connectivity index (χ4n) is 3.54. The Morgan fingerprint density at radius 1 is 1.00 bits per heavy atom. The first kappa shape index (κ1) is 21.7. The highest BCUT2D eigenvalue weighted by Gasteiger charge is 2.55. The summed E-state index contributed by atoms with van der Waals surface area (Å²) < 4.78 is 6.37. The molecule has 1 aromatic rings. The van der Waals surface area contributed by atoms with Crippen LogP contribution < -0.4 is 4.74 Å². The minimum atomic E-state index is -0.349. The molecular formula is C22H37NO2. The quantitative estimate of drug-likeness (QED) is 0.725. The molecule has 2 rings (SSSR count). The summed E-state index contributed by atoms with van der Waals surface area (Å²) in [4.78, 5) is 0. The van der Waals surface area contributed by atoms with Crippen molar-refractivity contribution < 1.29 is 9.94 Å². The molecule has 1 aromatic carbocycles. The van der Waals surface area contributed by atoms with Crippen LogP contribution >= 0.6 is 0 Å². The molecule has 3 nitrogen and oxygen atoms in total. The molecule has 0 radical (unpaired) electrons. The number of piperidine rings is 1. The first-order valence-electron chi connectivity index (χ1n) is 9.41. The van der Waals surface area contributed by atoms with E-state index >= 15 is 0 Å². The number of nitrogens with zero attached hydrogens (tertiary/aromatic N) is 1. The van der Waals surface area contributed by atoms with Gasteiger partial charge in [-0.15, -0.1) is 0 Å². The number of ether oxygens (including phenoxy) is 1. The highest BCUT2D eigenvalue weighted by molar-refractivity contribution is 5.61. The molecule has 0 saturated carbocycles. The molecule has 0 aromatic heterocycles. The van der Waals surface area contributed by atoms with Crippen molar-refractivity contribution in [3.63, 3.8) is 0 Å². The van der Waals surface area contributed by atoms with Crippen molar-refractivity contribution >= 4 is 5.57 Å². The average molecular weight is 348 g/mol. The van der Waals surface area contributed by atoms with Crippen molar-refractivity contribution in [3.05, 3.63) is 36.4 Å². The van der Waals surface area contributed by atoms with Gasteiger partial charge in [-0.3, -0.25) is 0 Å². The van der Waals surface area contributed by atoms with E-state index in [1.54, 1.807) is 0 Å². The molecule has 1 aliphatic heterocycles. The fraction of sp³-hybridized carbons (Fsp3) is 0.636. The number of rotatable bonds is 3. The minimum absolute atomic E-state index is 0.0408. The zero-order valence-corrected chi connectivity index (χ0v) is 17.6. The highest BCUT2D eigenvalue weighted by Crippen LogP contribution is 2.45. The topological polar surface area (TPSA) is 32.7 Å². The highest BCUT2D eigenvalue weighted by atomic mass is 16.5. The van der Waals surface area contributed by atoms with E-state index in [1.807, 2.05) is 45.0 Å². The predicted molar refractivity (Wildman–Crippen MR) is 107 cm³/mol. The minimum Gasteiger partial charge on any atom is -0.490 e. The molecular weight excluding hydrogens is 310 g/mol. The molecule has 1 saturated heterocycles. The standard InChI is InChI=1S/C20H31NO2.C2H6/c1-13(2)16-9-11-17(12-10-16)23-18-14(3)19(5,6)21(22)20(7,8)15(18)4;1-2/h9-12,14-15,18,22H,1H2,2-8H3;1-2H3. The van der Waals surface area contributed by atoms with Crippen LogP contribution in [0.3, 0.4) is 0 Å². The summed E-state index contributed by atoms with van der Waals surface area (Å²) in [6.07, 6.45) is 0.0408. The third-order valence-corrected chi connectivity index (χ3v) is 5.93. The van der Waals surface area contributed by atoms with E-state index in [9.17, 15) is 5.21 Å². The van der Waals surface area contributed by atoms with Gasteiger partial charge >= 0.3 is 0 Å². The monoisotopic (exact) mass is 347 g/mol. The zero-order valence-electron chi connectivity index (χ0n) is 17.6. The zero-order chi connectivity index (χ0) is 19.6. The number of hydrogen-bond donors (Lipinski definition) is 1. The van der Waals surface area contributed by atoms with Gasteiger partial charge in [0.1, 0.15) is 11.9 Å². The average Bonchev–Trinajstić information content (AvgIpc) is 2.58. The molecule has 0 spiro atoms. The molecule has 0 amide bonds. The summed E-state index contributed by atoms with van der Waals surface area (Å²) in [5, 5.41) is 12.2. The third kappa shape index (κ3) is 4.09. The normalized spacial score (nSPS) is 27.8. The summed E-state index contributed by atoms with van der Waals surface area (Å²) in [7, 11) is 0. The lowest BCUT2D eigenvalue weighted by molar-refractivity contribution is -0.291. The second-order valence-corrected chi connectivity index (χ2v) is 8.08. The van der Waals surface area contributed by atoms with Crippen LogP contribution in [0.4, 0.5) is 0 Å². The van der Waals surface area contributed by atoms with Crippen molar-refractivity contribution in [1.82, 2.24) is 5.06 Å². The molecule has 2 unspecified atom stereocenters. The van der Waals surface area contributed by atoms with Crippen molar-refractivity contribution in [1.29, 1.82) is 0 Å². The van der Waals surface area contributed by atoms with Crippen LogP contribution in [0.25, 0.3) is 5.57 Å². The van der Waals surface area contributed by atoms with E-state index in [-0.39, 0.29) is 29.0 Å². The molecule has 3 heteroatoms. The van der Waals surface area contributed by atoms with Gasteiger partial charge in [0.2, 0.25) is 0 Å². The van der Waals surface area contributed by atoms with Crippen LogP contribution in [0.15, 0.2) is 30.8 Å². The lowest BCUT2D eigenvalue weighted by atomic mass is 9.67. The molecule has 25 heavy (non-hydrogen) atoms. The second-order valence-electron chi connectivity index (χ2n) is 8.08. The van der Waals surface area contributed by atoms with E-state index in [2.05, 4.69) is 48.1 Å². The van der Waals surface area contributed by atoms with Crippen molar-refractivity contribution in [2.75, 3.05) is 0 Å². The van der Waals surface area contributed by atoms with E-state index in [0.29, 0.717) is 0 Å².